The van der Waals surface area contributed by atoms with Gasteiger partial charge in [-0.3, -0.25) is 4.90 Å². The van der Waals surface area contributed by atoms with Gasteiger partial charge in [0.25, 0.3) is 0 Å². The smallest absolute Gasteiger partial charge is 0.406 e. The van der Waals surface area contributed by atoms with Gasteiger partial charge in [-0.1, -0.05) is 12.2 Å². The number of likely N-dealkylation sites (tertiary alicyclic amines) is 1. The molecule has 5 nitrogen and oxygen atoms in total. The van der Waals surface area contributed by atoms with Crippen LogP contribution in [0.2, 0.25) is 0 Å². The zero-order valence-electron chi connectivity index (χ0n) is 21.4. The molecule has 0 radical (unpaired) electrons. The van der Waals surface area contributed by atoms with Crippen molar-refractivity contribution in [1.29, 1.82) is 0 Å². The average molecular weight is 575 g/mol. The van der Waals surface area contributed by atoms with E-state index >= 15 is 0 Å². The fourth-order valence-electron chi connectivity index (χ4n) is 4.96. The molecule has 1 N–H and O–H groups in total. The van der Waals surface area contributed by atoms with Crippen molar-refractivity contribution in [2.75, 3.05) is 56.0 Å². The molecule has 0 spiro atoms. The number of piperazine rings is 1. The van der Waals surface area contributed by atoms with E-state index in [-0.39, 0.29) is 11.8 Å². The Bertz CT molecular complexity index is 1060. The standard InChI is InChI=1S/C27H32F6N4OS/c28-26(29,30)20-3-7-23(8-4-20)36-18-16-35(17-19-36)13-1-2-25(39)37-14-11-22(12-15-37)34-21-5-9-24(10-6-21)38-27(31,32)33/h3-10,22,34H,1-2,11-19H2. The van der Waals surface area contributed by atoms with Crippen LogP contribution in [0, 0.1) is 0 Å². The molecule has 12 heteroatoms. The van der Waals surface area contributed by atoms with Crippen LogP contribution in [0.1, 0.15) is 31.2 Å². The molecule has 4 rings (SSSR count). The van der Waals surface area contributed by atoms with Gasteiger partial charge in [-0.15, -0.1) is 13.2 Å². The third kappa shape index (κ3) is 8.89. The first-order chi connectivity index (χ1) is 18.5. The Morgan fingerprint density at radius 3 is 2.03 bits per heavy atom. The Kier molecular flexibility index (Phi) is 9.47. The molecule has 0 unspecified atom stereocenters. The first-order valence-electron chi connectivity index (χ1n) is 13.0. The maximum Gasteiger partial charge on any atom is 0.573 e. The second-order valence-corrected chi connectivity index (χ2v) is 10.3. The lowest BCUT2D eigenvalue weighted by Gasteiger charge is -2.37. The Morgan fingerprint density at radius 2 is 1.46 bits per heavy atom. The summed E-state index contributed by atoms with van der Waals surface area (Å²) in [7, 11) is 0. The molecule has 0 saturated carbocycles. The van der Waals surface area contributed by atoms with Crippen molar-refractivity contribution in [3.8, 4) is 5.75 Å². The van der Waals surface area contributed by atoms with Crippen LogP contribution in [0.5, 0.6) is 5.75 Å². The van der Waals surface area contributed by atoms with E-state index < -0.39 is 18.1 Å². The molecule has 2 saturated heterocycles. The Morgan fingerprint density at radius 1 is 0.846 bits per heavy atom. The molecule has 0 aliphatic carbocycles. The van der Waals surface area contributed by atoms with Crippen molar-refractivity contribution in [3.05, 3.63) is 54.1 Å². The van der Waals surface area contributed by atoms with Gasteiger partial charge in [-0.25, -0.2) is 0 Å². The summed E-state index contributed by atoms with van der Waals surface area (Å²) in [6.45, 7) is 5.84. The number of halogens is 6. The number of benzene rings is 2. The van der Waals surface area contributed by atoms with Crippen LogP contribution in [-0.4, -0.2) is 73.0 Å². The van der Waals surface area contributed by atoms with E-state index in [2.05, 4.69) is 24.8 Å². The van der Waals surface area contributed by atoms with E-state index in [1.54, 1.807) is 24.3 Å². The van der Waals surface area contributed by atoms with Crippen molar-refractivity contribution in [1.82, 2.24) is 9.80 Å². The summed E-state index contributed by atoms with van der Waals surface area (Å²) in [5, 5.41) is 3.37. The van der Waals surface area contributed by atoms with Crippen LogP contribution < -0.4 is 15.0 Å². The minimum Gasteiger partial charge on any atom is -0.406 e. The lowest BCUT2D eigenvalue weighted by Crippen LogP contribution is -2.47. The molecule has 39 heavy (non-hydrogen) atoms. The van der Waals surface area contributed by atoms with Gasteiger partial charge in [-0.2, -0.15) is 13.2 Å². The van der Waals surface area contributed by atoms with Gasteiger partial charge >= 0.3 is 12.5 Å². The Hall–Kier alpha value is -2.73. The fraction of sp³-hybridized carbons (Fsp3) is 0.519. The number of ether oxygens (including phenoxy) is 1. The molecule has 0 bridgehead atoms. The average Bonchev–Trinajstić information content (AvgIpc) is 2.89. The second kappa shape index (κ2) is 12.6. The highest BCUT2D eigenvalue weighted by molar-refractivity contribution is 7.80. The number of rotatable bonds is 8. The van der Waals surface area contributed by atoms with Gasteiger partial charge in [0, 0.05) is 56.7 Å². The number of anilines is 2. The van der Waals surface area contributed by atoms with Gasteiger partial charge in [0.2, 0.25) is 0 Å². The molecule has 2 aromatic carbocycles. The van der Waals surface area contributed by atoms with Gasteiger partial charge in [0.05, 0.1) is 10.6 Å². The topological polar surface area (TPSA) is 31.0 Å². The highest BCUT2D eigenvalue weighted by atomic mass is 32.1. The van der Waals surface area contributed by atoms with Gasteiger partial charge < -0.3 is 19.9 Å². The highest BCUT2D eigenvalue weighted by Crippen LogP contribution is 2.31. The predicted molar refractivity (Wildman–Crippen MR) is 143 cm³/mol. The van der Waals surface area contributed by atoms with Crippen LogP contribution in [0.3, 0.4) is 0 Å². The van der Waals surface area contributed by atoms with E-state index in [9.17, 15) is 26.3 Å². The lowest BCUT2D eigenvalue weighted by molar-refractivity contribution is -0.274. The molecule has 2 aromatic rings. The first-order valence-corrected chi connectivity index (χ1v) is 13.4. The minimum atomic E-state index is -4.70. The molecule has 2 heterocycles. The van der Waals surface area contributed by atoms with Crippen molar-refractivity contribution >= 4 is 28.6 Å². The number of hydrogen-bond acceptors (Lipinski definition) is 5. The maximum absolute atomic E-state index is 12.8. The number of hydrogen-bond donors (Lipinski definition) is 1. The molecule has 2 aliphatic heterocycles. The monoisotopic (exact) mass is 574 g/mol. The SMILES string of the molecule is FC(F)(F)Oc1ccc(NC2CCN(C(=S)CCCN3CCN(c4ccc(C(F)(F)F)cc4)CC3)CC2)cc1. The third-order valence-electron chi connectivity index (χ3n) is 7.10. The summed E-state index contributed by atoms with van der Waals surface area (Å²) in [6, 6.07) is 11.3. The van der Waals surface area contributed by atoms with Crippen LogP contribution in [0.25, 0.3) is 0 Å². The highest BCUT2D eigenvalue weighted by Gasteiger charge is 2.31. The van der Waals surface area contributed by atoms with Gasteiger partial charge in [-0.05, 0) is 80.8 Å². The summed E-state index contributed by atoms with van der Waals surface area (Å²) in [4.78, 5) is 7.66. The zero-order valence-corrected chi connectivity index (χ0v) is 22.2. The van der Waals surface area contributed by atoms with E-state index in [1.165, 1.54) is 12.1 Å². The number of alkyl halides is 6. The van der Waals surface area contributed by atoms with Crippen LogP contribution in [0.15, 0.2) is 48.5 Å². The third-order valence-corrected chi connectivity index (χ3v) is 7.57. The van der Waals surface area contributed by atoms with E-state index in [0.717, 1.165) is 100.0 Å². The molecule has 0 atom stereocenters. The minimum absolute atomic E-state index is 0.222. The van der Waals surface area contributed by atoms with Gasteiger partial charge in [0.15, 0.2) is 0 Å². The fourth-order valence-corrected chi connectivity index (χ4v) is 5.29. The van der Waals surface area contributed by atoms with E-state index in [4.69, 9.17) is 12.2 Å². The van der Waals surface area contributed by atoms with Crippen LogP contribution >= 0.6 is 12.2 Å². The molecule has 2 fully saturated rings. The summed E-state index contributed by atoms with van der Waals surface area (Å²) in [5.74, 6) is -0.241. The second-order valence-electron chi connectivity index (χ2n) is 9.85. The van der Waals surface area contributed by atoms with Crippen molar-refractivity contribution in [2.45, 2.75) is 44.3 Å². The summed E-state index contributed by atoms with van der Waals surface area (Å²) >= 11 is 5.68. The quantitative estimate of drug-likeness (QED) is 0.290. The first kappa shape index (κ1) is 29.3. The molecule has 2 aliphatic rings. The van der Waals surface area contributed by atoms with Gasteiger partial charge in [0.1, 0.15) is 5.75 Å². The van der Waals surface area contributed by atoms with Crippen molar-refractivity contribution in [3.63, 3.8) is 0 Å². The van der Waals surface area contributed by atoms with Crippen LogP contribution in [0.4, 0.5) is 37.7 Å². The summed E-state index contributed by atoms with van der Waals surface area (Å²) < 4.78 is 79.2. The largest absolute Gasteiger partial charge is 0.573 e. The van der Waals surface area contributed by atoms with Crippen molar-refractivity contribution in [2.24, 2.45) is 0 Å². The summed E-state index contributed by atoms with van der Waals surface area (Å²) in [6.07, 6.45) is -5.48. The van der Waals surface area contributed by atoms with Crippen molar-refractivity contribution < 1.29 is 31.1 Å². The number of nitrogens with zero attached hydrogens (tertiary/aromatic N) is 3. The molecule has 214 valence electrons. The molecule has 0 aromatic heterocycles. The van der Waals surface area contributed by atoms with Crippen LogP contribution in [-0.2, 0) is 6.18 Å². The summed E-state index contributed by atoms with van der Waals surface area (Å²) in [5.41, 5.74) is 0.938. The maximum atomic E-state index is 12.8. The number of nitrogens with one attached hydrogen (secondary N) is 1. The normalized spacial score (nSPS) is 17.8. The predicted octanol–water partition coefficient (Wildman–Crippen LogP) is 6.41. The number of thiocarbonyl (C=S) groups is 1. The Balaban J connectivity index is 1.11. The Labute approximate surface area is 229 Å². The lowest BCUT2D eigenvalue weighted by atomic mass is 10.0. The number of piperidine rings is 1. The van der Waals surface area contributed by atoms with E-state index in [1.807, 2.05) is 0 Å². The molecule has 0 amide bonds. The molecular formula is C27H32F6N4OS. The zero-order chi connectivity index (χ0) is 28.0. The molecular weight excluding hydrogens is 542 g/mol. The van der Waals surface area contributed by atoms with E-state index in [0.29, 0.717) is 0 Å².